The van der Waals surface area contributed by atoms with Gasteiger partial charge < -0.3 is 19.1 Å². The second kappa shape index (κ2) is 10.2. The highest BCUT2D eigenvalue weighted by Gasteiger charge is 2.28. The van der Waals surface area contributed by atoms with E-state index in [4.69, 9.17) is 4.74 Å². The zero-order valence-corrected chi connectivity index (χ0v) is 18.7. The Balaban J connectivity index is 2.39. The molecule has 0 saturated heterocycles. The van der Waals surface area contributed by atoms with E-state index in [0.717, 1.165) is 0 Å². The normalized spacial score (nSPS) is 10.9. The minimum absolute atomic E-state index is 0.0579. The highest BCUT2D eigenvalue weighted by atomic mass is 16.5. The molecule has 7 nitrogen and oxygen atoms in total. The van der Waals surface area contributed by atoms with Crippen LogP contribution in [-0.2, 0) is 11.3 Å². The number of carbonyl (C=O) groups excluding carboxylic acids is 3. The van der Waals surface area contributed by atoms with E-state index in [1.54, 1.807) is 40.7 Å². The van der Waals surface area contributed by atoms with E-state index in [9.17, 15) is 14.4 Å². The summed E-state index contributed by atoms with van der Waals surface area (Å²) < 4.78 is 6.70. The number of esters is 1. The molecule has 1 heterocycles. The number of likely N-dealkylation sites (N-methyl/N-ethyl adjacent to an activating group) is 1. The third kappa shape index (κ3) is 4.97. The van der Waals surface area contributed by atoms with Crippen LogP contribution in [0.5, 0.6) is 0 Å². The Kier molecular flexibility index (Phi) is 7.94. The summed E-state index contributed by atoms with van der Waals surface area (Å²) in [7, 11) is 5.17. The van der Waals surface area contributed by atoms with Crippen molar-refractivity contribution in [3.63, 3.8) is 0 Å². The maximum absolute atomic E-state index is 13.3. The van der Waals surface area contributed by atoms with Gasteiger partial charge in [0.05, 0.1) is 13.7 Å². The second-order valence-corrected chi connectivity index (χ2v) is 7.49. The SMILES string of the molecule is CCn1c(C)c(C(=O)CN(CCN(C)C)C(=O)c2ccccc2)c(C)c1C(=O)OC. The largest absolute Gasteiger partial charge is 0.464 e. The first-order valence-electron chi connectivity index (χ1n) is 10.0. The number of benzene rings is 1. The van der Waals surface area contributed by atoms with Crippen LogP contribution in [0.1, 0.15) is 49.4 Å². The molecule has 0 bridgehead atoms. The minimum Gasteiger partial charge on any atom is -0.464 e. The van der Waals surface area contributed by atoms with E-state index in [2.05, 4.69) is 0 Å². The Hall–Kier alpha value is -2.93. The molecule has 0 radical (unpaired) electrons. The molecule has 30 heavy (non-hydrogen) atoms. The second-order valence-electron chi connectivity index (χ2n) is 7.49. The topological polar surface area (TPSA) is 71.9 Å². The smallest absolute Gasteiger partial charge is 0.354 e. The molecule has 0 fully saturated rings. The first-order valence-corrected chi connectivity index (χ1v) is 10.0. The highest BCUT2D eigenvalue weighted by Crippen LogP contribution is 2.24. The Morgan fingerprint density at radius 1 is 1.03 bits per heavy atom. The molecule has 0 saturated carbocycles. The molecule has 1 aromatic carbocycles. The Morgan fingerprint density at radius 2 is 1.67 bits per heavy atom. The Morgan fingerprint density at radius 3 is 2.20 bits per heavy atom. The fraction of sp³-hybridized carbons (Fsp3) is 0.435. The average Bonchev–Trinajstić information content (AvgIpc) is 2.99. The average molecular weight is 414 g/mol. The Labute approximate surface area is 178 Å². The first kappa shape index (κ1) is 23.3. The fourth-order valence-corrected chi connectivity index (χ4v) is 3.65. The minimum atomic E-state index is -0.471. The van der Waals surface area contributed by atoms with Crippen molar-refractivity contribution >= 4 is 17.7 Å². The molecule has 0 aliphatic carbocycles. The van der Waals surface area contributed by atoms with Gasteiger partial charge in [0.2, 0.25) is 0 Å². The lowest BCUT2D eigenvalue weighted by Crippen LogP contribution is -2.40. The van der Waals surface area contributed by atoms with E-state index in [1.165, 1.54) is 7.11 Å². The van der Waals surface area contributed by atoms with Crippen molar-refractivity contribution in [1.82, 2.24) is 14.4 Å². The van der Waals surface area contributed by atoms with Crippen LogP contribution in [0.4, 0.5) is 0 Å². The molecule has 0 N–H and O–H groups in total. The number of nitrogens with zero attached hydrogens (tertiary/aromatic N) is 3. The molecular weight excluding hydrogens is 382 g/mol. The number of amides is 1. The number of aromatic nitrogens is 1. The summed E-state index contributed by atoms with van der Waals surface area (Å²) in [5.41, 5.74) is 2.70. The summed E-state index contributed by atoms with van der Waals surface area (Å²) in [4.78, 5) is 42.2. The van der Waals surface area contributed by atoms with Crippen LogP contribution in [0.25, 0.3) is 0 Å². The van der Waals surface area contributed by atoms with Crippen LogP contribution in [0, 0.1) is 13.8 Å². The molecule has 0 aliphatic rings. The van der Waals surface area contributed by atoms with E-state index in [1.807, 2.05) is 38.9 Å². The third-order valence-corrected chi connectivity index (χ3v) is 5.20. The quantitative estimate of drug-likeness (QED) is 0.467. The molecule has 0 atom stereocenters. The number of ether oxygens (including phenoxy) is 1. The van der Waals surface area contributed by atoms with E-state index < -0.39 is 5.97 Å². The van der Waals surface area contributed by atoms with Crippen LogP contribution in [-0.4, -0.2) is 72.9 Å². The molecule has 0 aliphatic heterocycles. The molecular formula is C23H31N3O4. The van der Waals surface area contributed by atoms with Gasteiger partial charge in [-0.05, 0) is 52.6 Å². The highest BCUT2D eigenvalue weighted by molar-refractivity contribution is 6.06. The summed E-state index contributed by atoms with van der Waals surface area (Å²) in [5, 5.41) is 0. The van der Waals surface area contributed by atoms with Gasteiger partial charge in [0, 0.05) is 36.5 Å². The van der Waals surface area contributed by atoms with Crippen molar-refractivity contribution in [3.05, 3.63) is 58.4 Å². The standard InChI is InChI=1S/C23H31N3O4/c1-7-26-17(3)20(16(2)21(26)23(29)30-6)19(27)15-25(14-13-24(4)5)22(28)18-11-9-8-10-12-18/h8-12H,7,13-15H2,1-6H3. The summed E-state index contributed by atoms with van der Waals surface area (Å²) in [6.45, 7) is 7.02. The van der Waals surface area contributed by atoms with Gasteiger partial charge in [0.25, 0.3) is 5.91 Å². The van der Waals surface area contributed by atoms with Crippen LogP contribution < -0.4 is 0 Å². The van der Waals surface area contributed by atoms with E-state index in [0.29, 0.717) is 47.7 Å². The third-order valence-electron chi connectivity index (χ3n) is 5.20. The van der Waals surface area contributed by atoms with Crippen molar-refractivity contribution in [3.8, 4) is 0 Å². The lowest BCUT2D eigenvalue weighted by atomic mass is 10.0. The summed E-state index contributed by atoms with van der Waals surface area (Å²) in [6, 6.07) is 8.94. The molecule has 1 aromatic heterocycles. The maximum Gasteiger partial charge on any atom is 0.354 e. The number of rotatable bonds is 9. The summed E-state index contributed by atoms with van der Waals surface area (Å²) >= 11 is 0. The molecule has 7 heteroatoms. The number of carbonyl (C=O) groups is 3. The fourth-order valence-electron chi connectivity index (χ4n) is 3.65. The number of methoxy groups -OCH3 is 1. The summed E-state index contributed by atoms with van der Waals surface area (Å²) in [5.74, 6) is -0.851. The lowest BCUT2D eigenvalue weighted by Gasteiger charge is -2.24. The molecule has 1 amide bonds. The van der Waals surface area contributed by atoms with Gasteiger partial charge in [0.15, 0.2) is 5.78 Å². The van der Waals surface area contributed by atoms with Crippen molar-refractivity contribution in [2.24, 2.45) is 0 Å². The predicted molar refractivity (Wildman–Crippen MR) is 116 cm³/mol. The van der Waals surface area contributed by atoms with Gasteiger partial charge in [-0.3, -0.25) is 9.59 Å². The van der Waals surface area contributed by atoms with E-state index in [-0.39, 0.29) is 18.2 Å². The zero-order valence-electron chi connectivity index (χ0n) is 18.7. The van der Waals surface area contributed by atoms with E-state index >= 15 is 0 Å². The van der Waals surface area contributed by atoms with Gasteiger partial charge in [-0.1, -0.05) is 18.2 Å². The van der Waals surface area contributed by atoms with Gasteiger partial charge in [-0.15, -0.1) is 0 Å². The maximum atomic E-state index is 13.3. The lowest BCUT2D eigenvalue weighted by molar-refractivity contribution is 0.0587. The van der Waals surface area contributed by atoms with Gasteiger partial charge in [-0.2, -0.15) is 0 Å². The van der Waals surface area contributed by atoms with Crippen LogP contribution in [0.2, 0.25) is 0 Å². The zero-order chi connectivity index (χ0) is 22.4. The molecule has 0 unspecified atom stereocenters. The van der Waals surface area contributed by atoms with Crippen molar-refractivity contribution in [2.75, 3.05) is 40.8 Å². The monoisotopic (exact) mass is 413 g/mol. The number of ketones is 1. The summed E-state index contributed by atoms with van der Waals surface area (Å²) in [6.07, 6.45) is 0. The first-order chi connectivity index (χ1) is 14.2. The van der Waals surface area contributed by atoms with Crippen molar-refractivity contribution in [2.45, 2.75) is 27.3 Å². The van der Waals surface area contributed by atoms with Crippen LogP contribution in [0.15, 0.2) is 30.3 Å². The van der Waals surface area contributed by atoms with Crippen LogP contribution in [0.3, 0.4) is 0 Å². The molecule has 2 aromatic rings. The molecule has 2 rings (SSSR count). The van der Waals surface area contributed by atoms with Gasteiger partial charge in [0.1, 0.15) is 5.69 Å². The van der Waals surface area contributed by atoms with Gasteiger partial charge in [-0.25, -0.2) is 4.79 Å². The van der Waals surface area contributed by atoms with Gasteiger partial charge >= 0.3 is 5.97 Å². The molecule has 162 valence electrons. The number of hydrogen-bond donors (Lipinski definition) is 0. The number of Topliss-reactive ketones (excluding diaryl/α,β-unsaturated/α-hetero) is 1. The van der Waals surface area contributed by atoms with Crippen molar-refractivity contribution in [1.29, 1.82) is 0 Å². The van der Waals surface area contributed by atoms with Crippen molar-refractivity contribution < 1.29 is 19.1 Å². The van der Waals surface area contributed by atoms with Crippen LogP contribution >= 0.6 is 0 Å². The number of hydrogen-bond acceptors (Lipinski definition) is 5. The molecule has 0 spiro atoms. The Bertz CT molecular complexity index is 916. The predicted octanol–water partition coefficient (Wildman–Crippen LogP) is 2.80.